The van der Waals surface area contributed by atoms with Crippen molar-refractivity contribution in [2.75, 3.05) is 5.73 Å². The van der Waals surface area contributed by atoms with Crippen LogP contribution >= 0.6 is 0 Å². The van der Waals surface area contributed by atoms with Crippen LogP contribution in [0.2, 0.25) is 0 Å². The highest BCUT2D eigenvalue weighted by Crippen LogP contribution is 2.30. The third-order valence-corrected chi connectivity index (χ3v) is 5.41. The minimum atomic E-state index is 0.272. The van der Waals surface area contributed by atoms with Gasteiger partial charge in [-0.25, -0.2) is 0 Å². The van der Waals surface area contributed by atoms with Crippen LogP contribution in [-0.4, -0.2) is 10.8 Å². The van der Waals surface area contributed by atoms with Gasteiger partial charge in [-0.1, -0.05) is 43.3 Å². The molecule has 0 aliphatic rings. The maximum Gasteiger partial charge on any atom is 0.124 e. The van der Waals surface area contributed by atoms with Crippen LogP contribution in [0.3, 0.4) is 0 Å². The first-order valence-electron chi connectivity index (χ1n) is 10.1. The molecule has 3 aromatic rings. The van der Waals surface area contributed by atoms with Crippen molar-refractivity contribution in [2.45, 2.75) is 47.5 Å². The number of phenolic OH excluding ortho intramolecular Hbond substituents is 1. The monoisotopic (exact) mass is 386 g/mol. The highest BCUT2D eigenvalue weighted by molar-refractivity contribution is 6.04. The maximum atomic E-state index is 10.2. The standard InChI is InChI=1S/C26H30N2O/c1-6-23(22-9-7-8-10-24(22)29)28-26-18(4)13-21(14-19(26)5)15-20-11-16(2)25(27)17(3)12-20/h7-14,29H,6,15,27H2,1-5H3. The molecular formula is C26H30N2O. The van der Waals surface area contributed by atoms with Crippen molar-refractivity contribution >= 4 is 17.1 Å². The SMILES string of the molecule is CCC(=Nc1c(C)cc(Cc2cc(C)c(N)c(C)c2)cc1C)c1ccccc1O. The molecule has 0 spiro atoms. The predicted octanol–water partition coefficient (Wildman–Crippen LogP) is 6.33. The Labute approximate surface area is 173 Å². The first-order chi connectivity index (χ1) is 13.8. The molecule has 3 nitrogen and oxygen atoms in total. The van der Waals surface area contributed by atoms with Gasteiger partial charge in [0.25, 0.3) is 0 Å². The molecule has 0 aliphatic carbocycles. The van der Waals surface area contributed by atoms with Gasteiger partial charge in [0.2, 0.25) is 0 Å². The summed E-state index contributed by atoms with van der Waals surface area (Å²) in [6.07, 6.45) is 1.62. The van der Waals surface area contributed by atoms with E-state index in [0.717, 1.165) is 57.7 Å². The van der Waals surface area contributed by atoms with Crippen molar-refractivity contribution in [1.29, 1.82) is 0 Å². The summed E-state index contributed by atoms with van der Waals surface area (Å²) in [4.78, 5) is 4.94. The zero-order valence-electron chi connectivity index (χ0n) is 18.0. The number of hydrogen-bond donors (Lipinski definition) is 2. The number of aryl methyl sites for hydroxylation is 4. The first kappa shape index (κ1) is 20.7. The Bertz CT molecular complexity index is 1030. The van der Waals surface area contributed by atoms with E-state index in [-0.39, 0.29) is 5.75 Å². The first-order valence-corrected chi connectivity index (χ1v) is 10.1. The Morgan fingerprint density at radius 2 is 1.38 bits per heavy atom. The minimum absolute atomic E-state index is 0.272. The van der Waals surface area contributed by atoms with Crippen LogP contribution in [0, 0.1) is 27.7 Å². The molecule has 0 amide bonds. The van der Waals surface area contributed by atoms with Gasteiger partial charge in [-0.05, 0) is 86.1 Å². The van der Waals surface area contributed by atoms with Crippen LogP contribution in [0.4, 0.5) is 11.4 Å². The lowest BCUT2D eigenvalue weighted by Gasteiger charge is -2.13. The molecule has 0 saturated heterocycles. The number of nitrogens with two attached hydrogens (primary N) is 1. The number of nitrogens with zero attached hydrogens (tertiary/aromatic N) is 1. The molecule has 0 saturated carbocycles. The van der Waals surface area contributed by atoms with Crippen LogP contribution in [0.25, 0.3) is 0 Å². The lowest BCUT2D eigenvalue weighted by molar-refractivity contribution is 0.474. The predicted molar refractivity (Wildman–Crippen MR) is 124 cm³/mol. The molecule has 0 aromatic heterocycles. The zero-order chi connectivity index (χ0) is 21.1. The van der Waals surface area contributed by atoms with E-state index in [2.05, 4.69) is 58.9 Å². The average Bonchev–Trinajstić information content (AvgIpc) is 2.66. The molecule has 0 bridgehead atoms. The molecule has 150 valence electrons. The van der Waals surface area contributed by atoms with Crippen molar-refractivity contribution in [2.24, 2.45) is 4.99 Å². The normalized spacial score (nSPS) is 11.7. The summed E-state index contributed by atoms with van der Waals surface area (Å²) in [7, 11) is 0. The van der Waals surface area contributed by atoms with Gasteiger partial charge in [-0.15, -0.1) is 0 Å². The number of nitrogen functional groups attached to an aromatic ring is 1. The number of phenols is 1. The number of aliphatic imine (C=N–C) groups is 1. The van der Waals surface area contributed by atoms with E-state index in [1.807, 2.05) is 18.2 Å². The molecular weight excluding hydrogens is 356 g/mol. The fourth-order valence-corrected chi connectivity index (χ4v) is 3.91. The van der Waals surface area contributed by atoms with Crippen LogP contribution < -0.4 is 5.73 Å². The Morgan fingerprint density at radius 3 is 1.90 bits per heavy atom. The number of hydrogen-bond acceptors (Lipinski definition) is 3. The third-order valence-electron chi connectivity index (χ3n) is 5.41. The molecule has 0 unspecified atom stereocenters. The number of benzene rings is 3. The Balaban J connectivity index is 1.96. The molecule has 29 heavy (non-hydrogen) atoms. The fraction of sp³-hybridized carbons (Fsp3) is 0.269. The van der Waals surface area contributed by atoms with E-state index >= 15 is 0 Å². The summed E-state index contributed by atoms with van der Waals surface area (Å²) in [6, 6.07) is 16.2. The Hall–Kier alpha value is -3.07. The topological polar surface area (TPSA) is 58.6 Å². The van der Waals surface area contributed by atoms with Gasteiger partial charge in [0.05, 0.1) is 11.4 Å². The van der Waals surface area contributed by atoms with Crippen molar-refractivity contribution in [3.8, 4) is 5.75 Å². The largest absolute Gasteiger partial charge is 0.507 e. The second kappa shape index (κ2) is 8.52. The highest BCUT2D eigenvalue weighted by atomic mass is 16.3. The van der Waals surface area contributed by atoms with E-state index < -0.39 is 0 Å². The van der Waals surface area contributed by atoms with Crippen LogP contribution in [0.1, 0.15) is 52.3 Å². The summed E-state index contributed by atoms with van der Waals surface area (Å²) < 4.78 is 0. The van der Waals surface area contributed by atoms with Crippen LogP contribution in [0.15, 0.2) is 53.5 Å². The maximum absolute atomic E-state index is 10.2. The lowest BCUT2D eigenvalue weighted by atomic mass is 9.96. The summed E-state index contributed by atoms with van der Waals surface area (Å²) in [5, 5.41) is 10.2. The molecule has 0 heterocycles. The summed E-state index contributed by atoms with van der Waals surface area (Å²) in [5.41, 5.74) is 16.7. The smallest absolute Gasteiger partial charge is 0.124 e. The van der Waals surface area contributed by atoms with Crippen molar-refractivity contribution in [3.63, 3.8) is 0 Å². The molecule has 0 aliphatic heterocycles. The van der Waals surface area contributed by atoms with E-state index in [0.29, 0.717) is 0 Å². The van der Waals surface area contributed by atoms with E-state index in [9.17, 15) is 5.11 Å². The van der Waals surface area contributed by atoms with E-state index in [4.69, 9.17) is 10.7 Å². The molecule has 0 fully saturated rings. The van der Waals surface area contributed by atoms with Gasteiger partial charge in [0.15, 0.2) is 0 Å². The summed E-state index contributed by atoms with van der Waals surface area (Å²) >= 11 is 0. The summed E-state index contributed by atoms with van der Waals surface area (Å²) in [6.45, 7) is 10.4. The lowest BCUT2D eigenvalue weighted by Crippen LogP contribution is -2.00. The van der Waals surface area contributed by atoms with Gasteiger partial charge < -0.3 is 10.8 Å². The minimum Gasteiger partial charge on any atom is -0.507 e. The fourth-order valence-electron chi connectivity index (χ4n) is 3.91. The number of para-hydroxylation sites is 1. The van der Waals surface area contributed by atoms with Gasteiger partial charge in [0, 0.05) is 11.3 Å². The van der Waals surface area contributed by atoms with Crippen molar-refractivity contribution in [1.82, 2.24) is 0 Å². The van der Waals surface area contributed by atoms with Crippen LogP contribution in [0.5, 0.6) is 5.75 Å². The van der Waals surface area contributed by atoms with Crippen LogP contribution in [-0.2, 0) is 6.42 Å². The second-order valence-corrected chi connectivity index (χ2v) is 7.83. The quantitative estimate of drug-likeness (QED) is 0.397. The second-order valence-electron chi connectivity index (χ2n) is 7.83. The molecule has 0 radical (unpaired) electrons. The molecule has 0 atom stereocenters. The molecule has 3 N–H and O–H groups in total. The summed E-state index contributed by atoms with van der Waals surface area (Å²) in [5.74, 6) is 0.272. The number of rotatable bonds is 5. The van der Waals surface area contributed by atoms with Gasteiger partial charge >= 0.3 is 0 Å². The highest BCUT2D eigenvalue weighted by Gasteiger charge is 2.11. The number of anilines is 1. The van der Waals surface area contributed by atoms with Crippen molar-refractivity contribution < 1.29 is 5.11 Å². The molecule has 3 heteroatoms. The Kier molecular flexibility index (Phi) is 6.07. The van der Waals surface area contributed by atoms with Crippen molar-refractivity contribution in [3.05, 3.63) is 87.5 Å². The Morgan fingerprint density at radius 1 is 0.862 bits per heavy atom. The number of aromatic hydroxyl groups is 1. The molecule has 3 aromatic carbocycles. The van der Waals surface area contributed by atoms with Gasteiger partial charge in [0.1, 0.15) is 5.75 Å². The van der Waals surface area contributed by atoms with Gasteiger partial charge in [-0.3, -0.25) is 4.99 Å². The molecule has 3 rings (SSSR count). The van der Waals surface area contributed by atoms with E-state index in [1.165, 1.54) is 11.1 Å². The average molecular weight is 387 g/mol. The van der Waals surface area contributed by atoms with Gasteiger partial charge in [-0.2, -0.15) is 0 Å². The van der Waals surface area contributed by atoms with E-state index in [1.54, 1.807) is 6.07 Å². The third kappa shape index (κ3) is 4.51. The zero-order valence-corrected chi connectivity index (χ0v) is 18.0.